The van der Waals surface area contributed by atoms with E-state index in [1.54, 1.807) is 0 Å². The van der Waals surface area contributed by atoms with Crippen molar-refractivity contribution in [2.45, 2.75) is 63.1 Å². The van der Waals surface area contributed by atoms with Gasteiger partial charge in [-0.25, -0.2) is 4.98 Å². The summed E-state index contributed by atoms with van der Waals surface area (Å²) in [5, 5.41) is 17.0. The molecule has 9 nitrogen and oxygen atoms in total. The molecule has 4 aliphatic rings. The first-order valence-electron chi connectivity index (χ1n) is 12.2. The molecular formula is C26H29N5O4. The van der Waals surface area contributed by atoms with Crippen LogP contribution in [0.5, 0.6) is 11.5 Å². The lowest BCUT2D eigenvalue weighted by Crippen LogP contribution is -2.61. The summed E-state index contributed by atoms with van der Waals surface area (Å²) in [7, 11) is 0. The van der Waals surface area contributed by atoms with Gasteiger partial charge in [0.25, 0.3) is 5.91 Å². The molecule has 0 atom stereocenters. The van der Waals surface area contributed by atoms with Crippen molar-refractivity contribution in [1.82, 2.24) is 20.3 Å². The van der Waals surface area contributed by atoms with Gasteiger partial charge in [-0.2, -0.15) is 0 Å². The molecule has 0 aromatic carbocycles. The number of hydrogen-bond acceptors (Lipinski definition) is 8. The van der Waals surface area contributed by atoms with Gasteiger partial charge in [0.05, 0.1) is 35.1 Å². The zero-order chi connectivity index (χ0) is 24.0. The van der Waals surface area contributed by atoms with Crippen LogP contribution in [0.1, 0.15) is 49.1 Å². The highest BCUT2D eigenvalue weighted by Crippen LogP contribution is 2.46. The first-order chi connectivity index (χ1) is 16.9. The number of amides is 1. The van der Waals surface area contributed by atoms with Crippen molar-refractivity contribution < 1.29 is 19.4 Å². The van der Waals surface area contributed by atoms with Gasteiger partial charge >= 0.3 is 0 Å². The van der Waals surface area contributed by atoms with Gasteiger partial charge in [-0.1, -0.05) is 0 Å². The van der Waals surface area contributed by atoms with Gasteiger partial charge in [0.15, 0.2) is 18.2 Å². The Morgan fingerprint density at radius 3 is 2.80 bits per heavy atom. The second kappa shape index (κ2) is 8.42. The number of aromatic hydroxyl groups is 1. The fourth-order valence-electron chi connectivity index (χ4n) is 5.50. The first kappa shape index (κ1) is 22.2. The topological polar surface area (TPSA) is 118 Å². The first-order valence-corrected chi connectivity index (χ1v) is 12.2. The Balaban J connectivity index is 1.10. The Morgan fingerprint density at radius 2 is 2.00 bits per heavy atom. The summed E-state index contributed by atoms with van der Waals surface area (Å²) in [5.41, 5.74) is 3.97. The molecule has 182 valence electrons. The fourth-order valence-corrected chi connectivity index (χ4v) is 5.50. The summed E-state index contributed by atoms with van der Waals surface area (Å²) < 4.78 is 11.9. The number of nitrogens with one attached hydrogen (secondary N) is 2. The van der Waals surface area contributed by atoms with Crippen LogP contribution in [0.3, 0.4) is 0 Å². The summed E-state index contributed by atoms with van der Waals surface area (Å²) >= 11 is 0. The van der Waals surface area contributed by atoms with E-state index in [0.29, 0.717) is 31.1 Å². The van der Waals surface area contributed by atoms with Crippen LogP contribution in [0.25, 0.3) is 11.0 Å². The molecule has 0 spiro atoms. The number of aryl methyl sites for hydroxylation is 2. The van der Waals surface area contributed by atoms with E-state index in [0.717, 1.165) is 60.1 Å². The van der Waals surface area contributed by atoms with Crippen LogP contribution in [0.4, 0.5) is 5.82 Å². The number of ether oxygens (including phenoxy) is 2. The maximum Gasteiger partial charge on any atom is 0.263 e. The number of anilines is 1. The molecule has 0 radical (unpaired) electrons. The quantitative estimate of drug-likeness (QED) is 0.498. The van der Waals surface area contributed by atoms with E-state index in [1.165, 1.54) is 6.20 Å². The molecule has 3 aromatic rings. The van der Waals surface area contributed by atoms with E-state index in [2.05, 4.69) is 25.6 Å². The highest BCUT2D eigenvalue weighted by atomic mass is 16.5. The van der Waals surface area contributed by atoms with Crippen LogP contribution in [0.15, 0.2) is 30.5 Å². The number of carbonyl (C=O) groups excluding carboxylic acids is 1. The molecule has 3 N–H and O–H groups in total. The summed E-state index contributed by atoms with van der Waals surface area (Å²) in [4.78, 5) is 25.1. The van der Waals surface area contributed by atoms with Crippen LogP contribution in [-0.4, -0.2) is 50.3 Å². The van der Waals surface area contributed by atoms with E-state index in [9.17, 15) is 9.90 Å². The molecule has 3 aliphatic heterocycles. The average molecular weight is 476 g/mol. The zero-order valence-electron chi connectivity index (χ0n) is 19.8. The number of hydrogen-bond donors (Lipinski definition) is 3. The van der Waals surface area contributed by atoms with Gasteiger partial charge in [0.2, 0.25) is 0 Å². The Bertz CT molecular complexity index is 1280. The SMILES string of the molecule is Cc1ccc2ncc(O)c(CCC34CCC(NCc5ccc6c(n5)NC(=O)CO6)(CC3)CO4)c2n1. The maximum absolute atomic E-state index is 11.6. The molecule has 3 fully saturated rings. The average Bonchev–Trinajstić information content (AvgIpc) is 2.88. The lowest BCUT2D eigenvalue weighted by molar-refractivity contribution is -0.165. The largest absolute Gasteiger partial charge is 0.506 e. The van der Waals surface area contributed by atoms with Crippen molar-refractivity contribution in [1.29, 1.82) is 0 Å². The molecular weight excluding hydrogens is 446 g/mol. The van der Waals surface area contributed by atoms with Crippen molar-refractivity contribution in [3.05, 3.63) is 47.4 Å². The predicted octanol–water partition coefficient (Wildman–Crippen LogP) is 3.17. The minimum Gasteiger partial charge on any atom is -0.506 e. The molecule has 9 heteroatoms. The summed E-state index contributed by atoms with van der Waals surface area (Å²) in [6, 6.07) is 7.68. The van der Waals surface area contributed by atoms with Crippen molar-refractivity contribution in [2.75, 3.05) is 18.5 Å². The lowest BCUT2D eigenvalue weighted by atomic mass is 9.69. The predicted molar refractivity (Wildman–Crippen MR) is 129 cm³/mol. The molecule has 2 saturated heterocycles. The summed E-state index contributed by atoms with van der Waals surface area (Å²) in [6.07, 6.45) is 7.06. The third-order valence-corrected chi connectivity index (χ3v) is 7.71. The van der Waals surface area contributed by atoms with Gasteiger partial charge in [-0.05, 0) is 69.7 Å². The molecule has 0 unspecified atom stereocenters. The Hall–Kier alpha value is -3.30. The molecule has 6 heterocycles. The van der Waals surface area contributed by atoms with Gasteiger partial charge in [0.1, 0.15) is 5.75 Å². The van der Waals surface area contributed by atoms with Crippen LogP contribution in [-0.2, 0) is 22.5 Å². The van der Waals surface area contributed by atoms with Crippen molar-refractivity contribution in [2.24, 2.45) is 0 Å². The normalized spacial score (nSPS) is 25.2. The van der Waals surface area contributed by atoms with Gasteiger partial charge < -0.3 is 25.2 Å². The summed E-state index contributed by atoms with van der Waals surface area (Å²) in [6.45, 7) is 3.23. The molecule has 1 aliphatic carbocycles. The monoisotopic (exact) mass is 475 g/mol. The highest BCUT2D eigenvalue weighted by Gasteiger charge is 2.49. The van der Waals surface area contributed by atoms with Crippen LogP contribution in [0.2, 0.25) is 0 Å². The van der Waals surface area contributed by atoms with Crippen LogP contribution >= 0.6 is 0 Å². The Morgan fingerprint density at radius 1 is 1.14 bits per heavy atom. The van der Waals surface area contributed by atoms with E-state index in [-0.39, 0.29) is 29.4 Å². The standard InChI is InChI=1S/C26H29N5O4/c1-16-2-4-19-23(29-16)18(20(32)13-27-19)6-7-26-10-8-25(9-11-26,15-35-26)28-12-17-3-5-21-24(30-17)31-22(33)14-34-21/h2-5,13,28,32H,6-12,14-15H2,1H3,(H,30,31,33). The molecule has 1 saturated carbocycles. The fraction of sp³-hybridized carbons (Fsp3) is 0.462. The van der Waals surface area contributed by atoms with Gasteiger partial charge in [-0.15, -0.1) is 0 Å². The third-order valence-electron chi connectivity index (χ3n) is 7.71. The minimum atomic E-state index is -0.183. The molecule has 2 bridgehead atoms. The van der Waals surface area contributed by atoms with Crippen LogP contribution < -0.4 is 15.4 Å². The molecule has 1 amide bonds. The second-order valence-corrected chi connectivity index (χ2v) is 10.0. The lowest BCUT2D eigenvalue weighted by Gasteiger charge is -2.53. The summed E-state index contributed by atoms with van der Waals surface area (Å²) in [5.74, 6) is 1.11. The van der Waals surface area contributed by atoms with E-state index in [4.69, 9.17) is 9.47 Å². The van der Waals surface area contributed by atoms with Crippen molar-refractivity contribution in [3.8, 4) is 11.5 Å². The highest BCUT2D eigenvalue weighted by molar-refractivity contribution is 5.94. The number of nitrogens with zero attached hydrogens (tertiary/aromatic N) is 3. The molecule has 7 rings (SSSR count). The minimum absolute atomic E-state index is 0.0294. The van der Waals surface area contributed by atoms with E-state index < -0.39 is 0 Å². The Labute approximate surface area is 203 Å². The zero-order valence-corrected chi connectivity index (χ0v) is 19.8. The second-order valence-electron chi connectivity index (χ2n) is 10.0. The number of carbonyl (C=O) groups is 1. The van der Waals surface area contributed by atoms with Gasteiger partial charge in [-0.3, -0.25) is 14.8 Å². The number of pyridine rings is 3. The smallest absolute Gasteiger partial charge is 0.263 e. The maximum atomic E-state index is 11.6. The van der Waals surface area contributed by atoms with Crippen molar-refractivity contribution in [3.63, 3.8) is 0 Å². The number of rotatable bonds is 6. The third kappa shape index (κ3) is 4.19. The van der Waals surface area contributed by atoms with E-state index in [1.807, 2.05) is 31.2 Å². The number of fused-ring (bicyclic) bond motifs is 5. The van der Waals surface area contributed by atoms with Crippen LogP contribution in [0, 0.1) is 6.92 Å². The van der Waals surface area contributed by atoms with E-state index >= 15 is 0 Å². The Kier molecular flexibility index (Phi) is 5.34. The van der Waals surface area contributed by atoms with Crippen molar-refractivity contribution >= 4 is 22.8 Å². The molecule has 35 heavy (non-hydrogen) atoms. The van der Waals surface area contributed by atoms with Gasteiger partial charge in [0, 0.05) is 23.3 Å². The number of aromatic nitrogens is 3. The molecule has 3 aromatic heterocycles.